The van der Waals surface area contributed by atoms with Gasteiger partial charge in [0.1, 0.15) is 11.6 Å². The highest BCUT2D eigenvalue weighted by Gasteiger charge is 2.11. The van der Waals surface area contributed by atoms with Crippen molar-refractivity contribution in [1.82, 2.24) is 4.98 Å². The minimum absolute atomic E-state index is 0.159. The van der Waals surface area contributed by atoms with Crippen LogP contribution in [0.5, 0.6) is 5.75 Å². The highest BCUT2D eigenvalue weighted by molar-refractivity contribution is 6.05. The molecule has 0 unspecified atom stereocenters. The largest absolute Gasteiger partial charge is 0.496 e. The van der Waals surface area contributed by atoms with E-state index >= 15 is 0 Å². The number of methoxy groups -OCH3 is 1. The zero-order valence-corrected chi connectivity index (χ0v) is 16.5. The quantitative estimate of drug-likeness (QED) is 0.621. The van der Waals surface area contributed by atoms with E-state index < -0.39 is 0 Å². The van der Waals surface area contributed by atoms with Gasteiger partial charge in [-0.2, -0.15) is 0 Å². The molecule has 0 spiro atoms. The molecule has 5 heteroatoms. The van der Waals surface area contributed by atoms with Gasteiger partial charge in [0.2, 0.25) is 0 Å². The van der Waals surface area contributed by atoms with Crippen LogP contribution >= 0.6 is 0 Å². The normalized spacial score (nSPS) is 10.4. The molecule has 1 aromatic heterocycles. The summed E-state index contributed by atoms with van der Waals surface area (Å²) in [4.78, 5) is 17.0. The molecule has 28 heavy (non-hydrogen) atoms. The lowest BCUT2D eigenvalue weighted by Gasteiger charge is -2.13. The molecule has 0 saturated carbocycles. The third-order valence-electron chi connectivity index (χ3n) is 4.66. The summed E-state index contributed by atoms with van der Waals surface area (Å²) in [7, 11) is 1.66. The van der Waals surface area contributed by atoms with Crippen molar-refractivity contribution in [2.75, 3.05) is 17.7 Å². The van der Waals surface area contributed by atoms with Crippen molar-refractivity contribution in [3.63, 3.8) is 0 Å². The van der Waals surface area contributed by atoms with Crippen molar-refractivity contribution < 1.29 is 9.53 Å². The maximum Gasteiger partial charge on any atom is 0.257 e. The van der Waals surface area contributed by atoms with Crippen molar-refractivity contribution in [3.8, 4) is 5.75 Å². The number of aryl methyl sites for hydroxylation is 2. The minimum atomic E-state index is -0.159. The molecular weight excluding hydrogens is 350 g/mol. The Morgan fingerprint density at radius 3 is 2.54 bits per heavy atom. The molecule has 0 radical (unpaired) electrons. The Bertz CT molecular complexity index is 952. The van der Waals surface area contributed by atoms with Gasteiger partial charge in [0.05, 0.1) is 12.7 Å². The Morgan fingerprint density at radius 2 is 1.82 bits per heavy atom. The summed E-state index contributed by atoms with van der Waals surface area (Å²) in [5.41, 5.74) is 4.62. The van der Waals surface area contributed by atoms with E-state index in [1.165, 1.54) is 0 Å². The van der Waals surface area contributed by atoms with E-state index in [4.69, 9.17) is 4.74 Å². The number of carbonyl (C=O) groups is 1. The number of hydrogen-bond donors (Lipinski definition) is 2. The van der Waals surface area contributed by atoms with Crippen LogP contribution in [0.3, 0.4) is 0 Å². The smallest absolute Gasteiger partial charge is 0.257 e. The van der Waals surface area contributed by atoms with E-state index in [2.05, 4.69) is 22.5 Å². The molecule has 1 amide bonds. The van der Waals surface area contributed by atoms with Gasteiger partial charge in [0.15, 0.2) is 0 Å². The van der Waals surface area contributed by atoms with E-state index in [0.29, 0.717) is 17.9 Å². The van der Waals surface area contributed by atoms with Crippen molar-refractivity contribution in [2.45, 2.75) is 26.8 Å². The number of para-hydroxylation sites is 2. The average Bonchev–Trinajstić information content (AvgIpc) is 2.74. The second kappa shape index (κ2) is 9.04. The molecule has 2 aromatic carbocycles. The van der Waals surface area contributed by atoms with Gasteiger partial charge in [-0.15, -0.1) is 0 Å². The molecule has 0 fully saturated rings. The molecule has 0 atom stereocenters. The summed E-state index contributed by atoms with van der Waals surface area (Å²) < 4.78 is 5.36. The number of benzene rings is 2. The molecule has 3 rings (SSSR count). The Hall–Kier alpha value is -3.34. The number of nitrogens with zero attached hydrogens (tertiary/aromatic N) is 1. The first-order valence-electron chi connectivity index (χ1n) is 9.34. The predicted molar refractivity (Wildman–Crippen MR) is 113 cm³/mol. The number of pyridine rings is 1. The lowest BCUT2D eigenvalue weighted by molar-refractivity contribution is 0.102. The highest BCUT2D eigenvalue weighted by atomic mass is 16.5. The van der Waals surface area contributed by atoms with Crippen LogP contribution in [-0.4, -0.2) is 18.0 Å². The molecule has 5 nitrogen and oxygen atoms in total. The number of anilines is 2. The number of aromatic nitrogens is 1. The van der Waals surface area contributed by atoms with Crippen LogP contribution in [0.2, 0.25) is 0 Å². The summed E-state index contributed by atoms with van der Waals surface area (Å²) in [5, 5.41) is 6.28. The summed E-state index contributed by atoms with van der Waals surface area (Å²) >= 11 is 0. The molecule has 144 valence electrons. The zero-order valence-electron chi connectivity index (χ0n) is 16.5. The van der Waals surface area contributed by atoms with E-state index in [1.54, 1.807) is 19.4 Å². The maximum atomic E-state index is 12.6. The fourth-order valence-corrected chi connectivity index (χ4v) is 3.06. The predicted octanol–water partition coefficient (Wildman–Crippen LogP) is 4.83. The second-order valence-electron chi connectivity index (χ2n) is 6.51. The van der Waals surface area contributed by atoms with Crippen molar-refractivity contribution in [1.29, 1.82) is 0 Å². The van der Waals surface area contributed by atoms with E-state index in [-0.39, 0.29) is 5.91 Å². The lowest BCUT2D eigenvalue weighted by atomic mass is 10.1. The van der Waals surface area contributed by atoms with Crippen molar-refractivity contribution in [2.24, 2.45) is 0 Å². The third kappa shape index (κ3) is 4.49. The van der Waals surface area contributed by atoms with Crippen LogP contribution in [0.15, 0.2) is 60.8 Å². The summed E-state index contributed by atoms with van der Waals surface area (Å²) in [6, 6.07) is 17.5. The van der Waals surface area contributed by atoms with Crippen molar-refractivity contribution >= 4 is 17.4 Å². The third-order valence-corrected chi connectivity index (χ3v) is 4.66. The van der Waals surface area contributed by atoms with Gasteiger partial charge in [0, 0.05) is 24.0 Å². The number of amides is 1. The molecule has 0 saturated heterocycles. The second-order valence-corrected chi connectivity index (χ2v) is 6.51. The molecule has 0 aliphatic heterocycles. The Morgan fingerprint density at radius 1 is 1.04 bits per heavy atom. The van der Waals surface area contributed by atoms with Crippen LogP contribution in [0.1, 0.15) is 34.0 Å². The minimum Gasteiger partial charge on any atom is -0.496 e. The first kappa shape index (κ1) is 19.4. The van der Waals surface area contributed by atoms with Gasteiger partial charge < -0.3 is 15.4 Å². The first-order valence-corrected chi connectivity index (χ1v) is 9.34. The maximum absolute atomic E-state index is 12.6. The number of nitrogens with one attached hydrogen (secondary N) is 2. The Labute approximate surface area is 165 Å². The molecule has 0 aliphatic carbocycles. The van der Waals surface area contributed by atoms with Crippen LogP contribution in [0.4, 0.5) is 11.5 Å². The van der Waals surface area contributed by atoms with Crippen molar-refractivity contribution in [3.05, 3.63) is 83.0 Å². The fourth-order valence-electron chi connectivity index (χ4n) is 3.06. The molecule has 1 heterocycles. The summed E-state index contributed by atoms with van der Waals surface area (Å²) in [6.45, 7) is 4.66. The number of rotatable bonds is 7. The first-order chi connectivity index (χ1) is 13.6. The van der Waals surface area contributed by atoms with Gasteiger partial charge >= 0.3 is 0 Å². The fraction of sp³-hybridized carbons (Fsp3) is 0.217. The lowest BCUT2D eigenvalue weighted by Crippen LogP contribution is -2.15. The number of carbonyl (C=O) groups excluding carboxylic acids is 1. The molecule has 3 aromatic rings. The van der Waals surface area contributed by atoms with E-state index in [1.807, 2.05) is 55.5 Å². The number of hydrogen-bond acceptors (Lipinski definition) is 4. The standard InChI is InChI=1S/C23H25N3O2/c1-4-17-10-7-8-16(2)22(17)26-23(27)19-12-13-21(25-15-19)24-14-18-9-5-6-11-20(18)28-3/h5-13,15H,4,14H2,1-3H3,(H,24,25)(H,26,27). The highest BCUT2D eigenvalue weighted by Crippen LogP contribution is 2.22. The van der Waals surface area contributed by atoms with Crippen LogP contribution in [0.25, 0.3) is 0 Å². The zero-order chi connectivity index (χ0) is 19.9. The summed E-state index contributed by atoms with van der Waals surface area (Å²) in [5.74, 6) is 1.37. The molecule has 2 N–H and O–H groups in total. The van der Waals surface area contributed by atoms with Gasteiger partial charge in [-0.3, -0.25) is 4.79 Å². The SMILES string of the molecule is CCc1cccc(C)c1NC(=O)c1ccc(NCc2ccccc2OC)nc1. The van der Waals surface area contributed by atoms with Crippen LogP contribution in [0, 0.1) is 6.92 Å². The average molecular weight is 375 g/mol. The van der Waals surface area contributed by atoms with E-state index in [0.717, 1.165) is 34.5 Å². The Balaban J connectivity index is 1.66. The van der Waals surface area contributed by atoms with Gasteiger partial charge in [-0.25, -0.2) is 4.98 Å². The van der Waals surface area contributed by atoms with Gasteiger partial charge in [0.25, 0.3) is 5.91 Å². The summed E-state index contributed by atoms with van der Waals surface area (Å²) in [6.07, 6.45) is 2.45. The van der Waals surface area contributed by atoms with Gasteiger partial charge in [-0.05, 0) is 42.7 Å². The van der Waals surface area contributed by atoms with Gasteiger partial charge in [-0.1, -0.05) is 43.3 Å². The molecule has 0 bridgehead atoms. The molecule has 0 aliphatic rings. The Kier molecular flexibility index (Phi) is 6.27. The number of ether oxygens (including phenoxy) is 1. The van der Waals surface area contributed by atoms with Crippen LogP contribution in [-0.2, 0) is 13.0 Å². The van der Waals surface area contributed by atoms with E-state index in [9.17, 15) is 4.79 Å². The van der Waals surface area contributed by atoms with Crippen LogP contribution < -0.4 is 15.4 Å². The molecular formula is C23H25N3O2. The monoisotopic (exact) mass is 375 g/mol. The topological polar surface area (TPSA) is 63.2 Å².